The summed E-state index contributed by atoms with van der Waals surface area (Å²) < 4.78 is 34.8. The fourth-order valence-corrected chi connectivity index (χ4v) is 6.39. The maximum atomic E-state index is 14.3. The Morgan fingerprint density at radius 3 is 2.47 bits per heavy atom. The summed E-state index contributed by atoms with van der Waals surface area (Å²) in [5, 5.41) is 10.5. The quantitative estimate of drug-likeness (QED) is 0.142. The fourth-order valence-electron chi connectivity index (χ4n) is 6.39. The summed E-state index contributed by atoms with van der Waals surface area (Å²) in [7, 11) is 0. The summed E-state index contributed by atoms with van der Waals surface area (Å²) >= 11 is 0. The molecule has 1 N–H and O–H groups in total. The van der Waals surface area contributed by atoms with Gasteiger partial charge in [0, 0.05) is 48.5 Å². The van der Waals surface area contributed by atoms with Crippen LogP contribution in [0.5, 0.6) is 5.75 Å². The molecular formula is C40H48FN3O5. The summed E-state index contributed by atoms with van der Waals surface area (Å²) in [5.74, 6) is -0.225. The molecule has 2 atom stereocenters. The first-order valence-corrected chi connectivity index (χ1v) is 16.8. The van der Waals surface area contributed by atoms with Crippen LogP contribution in [0.1, 0.15) is 71.1 Å². The van der Waals surface area contributed by atoms with Gasteiger partial charge in [0.25, 0.3) is 0 Å². The lowest BCUT2D eigenvalue weighted by Crippen LogP contribution is -2.45. The summed E-state index contributed by atoms with van der Waals surface area (Å²) in [6, 6.07) is 14.4. The van der Waals surface area contributed by atoms with Gasteiger partial charge in [-0.15, -0.1) is 13.2 Å². The molecule has 1 saturated heterocycles. The lowest BCUT2D eigenvalue weighted by atomic mass is 9.92. The zero-order valence-electron chi connectivity index (χ0n) is 29.5. The molecule has 0 radical (unpaired) electrons. The molecule has 0 bridgehead atoms. The molecule has 3 heterocycles. The number of nitrogens with zero attached hydrogens (tertiary/aromatic N) is 3. The van der Waals surface area contributed by atoms with Crippen molar-refractivity contribution in [3.8, 4) is 28.1 Å². The van der Waals surface area contributed by atoms with E-state index in [1.165, 1.54) is 12.1 Å². The van der Waals surface area contributed by atoms with E-state index in [1.807, 2.05) is 75.5 Å². The van der Waals surface area contributed by atoms with E-state index in [1.54, 1.807) is 18.2 Å². The maximum absolute atomic E-state index is 14.3. The first kappa shape index (κ1) is 35.8. The van der Waals surface area contributed by atoms with Crippen LogP contribution in [-0.4, -0.2) is 57.5 Å². The van der Waals surface area contributed by atoms with Gasteiger partial charge in [-0.1, -0.05) is 30.4 Å². The number of fused-ring (bicyclic) bond motifs is 1. The number of aromatic nitrogens is 2. The van der Waals surface area contributed by atoms with Crippen molar-refractivity contribution in [3.05, 3.63) is 97.0 Å². The van der Waals surface area contributed by atoms with Crippen LogP contribution in [0.25, 0.3) is 28.0 Å². The van der Waals surface area contributed by atoms with Gasteiger partial charge in [-0.05, 0) is 89.8 Å². The predicted octanol–water partition coefficient (Wildman–Crippen LogP) is 8.96. The van der Waals surface area contributed by atoms with Crippen molar-refractivity contribution in [3.63, 3.8) is 0 Å². The second kappa shape index (κ2) is 14.6. The van der Waals surface area contributed by atoms with Crippen LogP contribution in [0.2, 0.25) is 0 Å². The number of ether oxygens (including phenoxy) is 3. The molecular weight excluding hydrogens is 621 g/mol. The lowest BCUT2D eigenvalue weighted by molar-refractivity contribution is -0.160. The summed E-state index contributed by atoms with van der Waals surface area (Å²) in [4.78, 5) is 20.1. The van der Waals surface area contributed by atoms with Gasteiger partial charge in [0.15, 0.2) is 6.10 Å². The topological polar surface area (TPSA) is 85.5 Å². The minimum absolute atomic E-state index is 0.173. The van der Waals surface area contributed by atoms with Gasteiger partial charge < -0.3 is 24.2 Å². The lowest BCUT2D eigenvalue weighted by Gasteiger charge is -2.41. The molecule has 2 aromatic heterocycles. The predicted molar refractivity (Wildman–Crippen MR) is 193 cm³/mol. The number of hydrogen-bond donors (Lipinski definition) is 1. The van der Waals surface area contributed by atoms with E-state index in [-0.39, 0.29) is 17.5 Å². The standard InChI is InChI=1S/C40H48FN3O5/c1-9-12-27(4)48-33-24-30(41)15-16-31(33)28-13-11-14-29(23-28)32-25-44-34(42-32)22-26(3)35(36(38(45)46)49-39(5,6)7)37(44)43-19-17-40(8,18-20-43)47-21-10-2/h9-11,13-16,22-25,27,36H,1-2,12,17-21H2,3-8H3,(H,45,46)/t27-,36?/m0/s1. The van der Waals surface area contributed by atoms with Crippen LogP contribution in [-0.2, 0) is 14.3 Å². The van der Waals surface area contributed by atoms with E-state index in [2.05, 4.69) is 25.0 Å². The Labute approximate surface area is 288 Å². The molecule has 1 unspecified atom stereocenters. The van der Waals surface area contributed by atoms with Gasteiger partial charge >= 0.3 is 5.97 Å². The number of aliphatic carboxylic acids is 1. The monoisotopic (exact) mass is 669 g/mol. The van der Waals surface area contributed by atoms with E-state index >= 15 is 0 Å². The Hall–Kier alpha value is -4.47. The number of hydrogen-bond acceptors (Lipinski definition) is 6. The smallest absolute Gasteiger partial charge is 0.337 e. The molecule has 1 fully saturated rings. The van der Waals surface area contributed by atoms with Crippen molar-refractivity contribution < 1.29 is 28.5 Å². The molecule has 260 valence electrons. The molecule has 8 nitrogen and oxygen atoms in total. The minimum atomic E-state index is -1.20. The van der Waals surface area contributed by atoms with Crippen molar-refractivity contribution in [1.82, 2.24) is 9.38 Å². The number of carbonyl (C=O) groups is 1. The van der Waals surface area contributed by atoms with Crippen molar-refractivity contribution >= 4 is 17.4 Å². The van der Waals surface area contributed by atoms with Crippen molar-refractivity contribution in [2.75, 3.05) is 24.6 Å². The molecule has 1 aliphatic rings. The highest BCUT2D eigenvalue weighted by molar-refractivity contribution is 5.80. The van der Waals surface area contributed by atoms with Gasteiger partial charge in [0.2, 0.25) is 0 Å². The van der Waals surface area contributed by atoms with E-state index in [9.17, 15) is 14.3 Å². The van der Waals surface area contributed by atoms with Crippen LogP contribution in [0.4, 0.5) is 10.2 Å². The highest BCUT2D eigenvalue weighted by Crippen LogP contribution is 2.40. The second-order valence-electron chi connectivity index (χ2n) is 14.1. The number of aryl methyl sites for hydroxylation is 1. The van der Waals surface area contributed by atoms with Crippen molar-refractivity contribution in [1.29, 1.82) is 0 Å². The molecule has 9 heteroatoms. The first-order valence-electron chi connectivity index (χ1n) is 16.8. The Bertz CT molecular complexity index is 1830. The summed E-state index contributed by atoms with van der Waals surface area (Å²) in [6.07, 6.45) is 6.27. The Balaban J connectivity index is 1.62. The number of carboxylic acid groups (broad SMARTS) is 1. The Morgan fingerprint density at radius 1 is 1.10 bits per heavy atom. The third-order valence-electron chi connectivity index (χ3n) is 8.84. The molecule has 0 saturated carbocycles. The molecule has 0 aliphatic carbocycles. The van der Waals surface area contributed by atoms with Gasteiger partial charge in [-0.25, -0.2) is 14.2 Å². The highest BCUT2D eigenvalue weighted by atomic mass is 19.1. The summed E-state index contributed by atoms with van der Waals surface area (Å²) in [5.41, 5.74) is 4.24. The number of pyridine rings is 1. The van der Waals surface area contributed by atoms with Gasteiger partial charge in [0.1, 0.15) is 23.0 Å². The highest BCUT2D eigenvalue weighted by Gasteiger charge is 2.37. The summed E-state index contributed by atoms with van der Waals surface area (Å²) in [6.45, 7) is 20.9. The van der Waals surface area contributed by atoms with E-state index in [0.717, 1.165) is 40.9 Å². The number of halogens is 1. The van der Waals surface area contributed by atoms with E-state index in [0.29, 0.717) is 48.8 Å². The zero-order chi connectivity index (χ0) is 35.5. The molecule has 5 rings (SSSR count). The number of piperidine rings is 1. The molecule has 0 spiro atoms. The van der Waals surface area contributed by atoms with Gasteiger partial charge in [0.05, 0.1) is 29.6 Å². The average Bonchev–Trinajstić information content (AvgIpc) is 3.46. The Kier molecular flexibility index (Phi) is 10.6. The first-order chi connectivity index (χ1) is 23.2. The molecule has 1 aliphatic heterocycles. The van der Waals surface area contributed by atoms with Crippen LogP contribution in [0.15, 0.2) is 80.0 Å². The fraction of sp³-hybridized carbons (Fsp3) is 0.400. The second-order valence-corrected chi connectivity index (χ2v) is 14.1. The van der Waals surface area contributed by atoms with Crippen LogP contribution in [0, 0.1) is 12.7 Å². The number of rotatable bonds is 13. The van der Waals surface area contributed by atoms with Crippen LogP contribution in [0.3, 0.4) is 0 Å². The van der Waals surface area contributed by atoms with E-state index < -0.39 is 17.7 Å². The third kappa shape index (κ3) is 8.23. The van der Waals surface area contributed by atoms with Crippen LogP contribution < -0.4 is 9.64 Å². The van der Waals surface area contributed by atoms with E-state index in [4.69, 9.17) is 19.2 Å². The molecule has 2 aromatic carbocycles. The van der Waals surface area contributed by atoms with Gasteiger partial charge in [-0.3, -0.25) is 4.40 Å². The minimum Gasteiger partial charge on any atom is -0.490 e. The number of benzene rings is 2. The zero-order valence-corrected chi connectivity index (χ0v) is 29.5. The van der Waals surface area contributed by atoms with Crippen molar-refractivity contribution in [2.45, 2.75) is 84.2 Å². The number of anilines is 1. The maximum Gasteiger partial charge on any atom is 0.337 e. The average molecular weight is 670 g/mol. The van der Waals surface area contributed by atoms with Crippen LogP contribution >= 0.6 is 0 Å². The normalized spacial score (nSPS) is 15.9. The molecule has 0 amide bonds. The largest absolute Gasteiger partial charge is 0.490 e. The molecule has 4 aromatic rings. The molecule has 49 heavy (non-hydrogen) atoms. The van der Waals surface area contributed by atoms with Crippen molar-refractivity contribution in [2.24, 2.45) is 0 Å². The third-order valence-corrected chi connectivity index (χ3v) is 8.84. The number of carboxylic acids is 1. The Morgan fingerprint density at radius 2 is 1.82 bits per heavy atom. The SMILES string of the molecule is C=CCOC1(C)CCN(c2c(C(OC(C)(C)C)C(=O)O)c(C)cc3nc(-c4cccc(-c5ccc(F)cc5O[C@@H](C)CC=C)c4)cn23)CC1. The number of imidazole rings is 1. The van der Waals surface area contributed by atoms with Gasteiger partial charge in [-0.2, -0.15) is 0 Å².